The summed E-state index contributed by atoms with van der Waals surface area (Å²) in [5.41, 5.74) is 2.00. The highest BCUT2D eigenvalue weighted by Gasteiger charge is 2.29. The molecule has 0 saturated heterocycles. The van der Waals surface area contributed by atoms with E-state index in [0.717, 1.165) is 17.5 Å². The molecule has 2 aromatic rings. The van der Waals surface area contributed by atoms with Crippen LogP contribution in [0.25, 0.3) is 0 Å². The number of ether oxygens (including phenoxy) is 1. The number of hydrogen-bond donors (Lipinski definition) is 1. The highest BCUT2D eigenvalue weighted by Crippen LogP contribution is 2.21. The van der Waals surface area contributed by atoms with E-state index in [0.29, 0.717) is 30.2 Å². The molecule has 0 heterocycles. The molecule has 0 spiro atoms. The van der Waals surface area contributed by atoms with Gasteiger partial charge in [0.15, 0.2) is 6.61 Å². The number of benzene rings is 2. The lowest BCUT2D eigenvalue weighted by Crippen LogP contribution is -2.52. The average molecular weight is 445 g/mol. The van der Waals surface area contributed by atoms with Crippen molar-refractivity contribution in [1.82, 2.24) is 10.2 Å². The molecule has 0 fully saturated rings. The van der Waals surface area contributed by atoms with Gasteiger partial charge in [-0.15, -0.1) is 0 Å². The second kappa shape index (κ2) is 12.4. The van der Waals surface area contributed by atoms with Crippen molar-refractivity contribution in [3.05, 3.63) is 64.7 Å². The molecule has 1 N–H and O–H groups in total. The smallest absolute Gasteiger partial charge is 0.261 e. The van der Waals surface area contributed by atoms with Gasteiger partial charge in [-0.05, 0) is 62.4 Å². The Morgan fingerprint density at radius 2 is 1.81 bits per heavy atom. The molecule has 0 aliphatic heterocycles. The molecule has 2 amide bonds. The molecule has 2 unspecified atom stereocenters. The molecule has 5 nitrogen and oxygen atoms in total. The first-order chi connectivity index (χ1) is 14.8. The quantitative estimate of drug-likeness (QED) is 0.542. The Morgan fingerprint density at radius 1 is 1.10 bits per heavy atom. The minimum atomic E-state index is -0.541. The van der Waals surface area contributed by atoms with E-state index in [1.54, 1.807) is 23.1 Å². The lowest BCUT2D eigenvalue weighted by molar-refractivity contribution is -0.142. The van der Waals surface area contributed by atoms with Crippen molar-refractivity contribution < 1.29 is 14.3 Å². The van der Waals surface area contributed by atoms with Gasteiger partial charge < -0.3 is 15.0 Å². The van der Waals surface area contributed by atoms with Crippen molar-refractivity contribution in [2.75, 3.05) is 13.2 Å². The SMILES string of the molecule is CCC(C)NC(=O)C(CC)N(CCc1ccccc1)C(=O)COc1ccc(Cl)c(C)c1. The van der Waals surface area contributed by atoms with E-state index in [9.17, 15) is 9.59 Å². The Labute approximate surface area is 190 Å². The van der Waals surface area contributed by atoms with Gasteiger partial charge in [0.1, 0.15) is 11.8 Å². The Balaban J connectivity index is 2.14. The van der Waals surface area contributed by atoms with Crippen LogP contribution < -0.4 is 10.1 Å². The molecule has 0 radical (unpaired) electrons. The van der Waals surface area contributed by atoms with Crippen molar-refractivity contribution in [2.24, 2.45) is 0 Å². The number of carbonyl (C=O) groups is 2. The fourth-order valence-corrected chi connectivity index (χ4v) is 3.39. The monoisotopic (exact) mass is 444 g/mol. The predicted molar refractivity (Wildman–Crippen MR) is 126 cm³/mol. The molecule has 168 valence electrons. The summed E-state index contributed by atoms with van der Waals surface area (Å²) in [6.45, 7) is 8.10. The third kappa shape index (κ3) is 7.59. The number of aryl methyl sites for hydroxylation is 1. The van der Waals surface area contributed by atoms with Gasteiger partial charge in [0.05, 0.1) is 0 Å². The van der Waals surface area contributed by atoms with Crippen LogP contribution in [0, 0.1) is 6.92 Å². The minimum Gasteiger partial charge on any atom is -0.484 e. The minimum absolute atomic E-state index is 0.0564. The molecule has 0 aromatic heterocycles. The zero-order valence-electron chi connectivity index (χ0n) is 18.9. The highest BCUT2D eigenvalue weighted by molar-refractivity contribution is 6.31. The number of halogens is 1. The van der Waals surface area contributed by atoms with Crippen LogP contribution in [0.5, 0.6) is 5.75 Å². The van der Waals surface area contributed by atoms with E-state index < -0.39 is 6.04 Å². The van der Waals surface area contributed by atoms with E-state index in [1.165, 1.54) is 0 Å². The summed E-state index contributed by atoms with van der Waals surface area (Å²) in [6.07, 6.45) is 2.03. The molecule has 6 heteroatoms. The fourth-order valence-electron chi connectivity index (χ4n) is 3.27. The van der Waals surface area contributed by atoms with Gasteiger partial charge >= 0.3 is 0 Å². The van der Waals surface area contributed by atoms with Crippen LogP contribution in [0.2, 0.25) is 5.02 Å². The maximum atomic E-state index is 13.1. The van der Waals surface area contributed by atoms with E-state index in [4.69, 9.17) is 16.3 Å². The molecule has 0 saturated carbocycles. The van der Waals surface area contributed by atoms with Gasteiger partial charge in [-0.2, -0.15) is 0 Å². The number of nitrogens with one attached hydrogen (secondary N) is 1. The van der Waals surface area contributed by atoms with Crippen molar-refractivity contribution in [1.29, 1.82) is 0 Å². The first-order valence-electron chi connectivity index (χ1n) is 10.9. The Hall–Kier alpha value is -2.53. The molecule has 0 bridgehead atoms. The van der Waals surface area contributed by atoms with Crippen molar-refractivity contribution in [3.63, 3.8) is 0 Å². The van der Waals surface area contributed by atoms with Crippen LogP contribution in [0.4, 0.5) is 0 Å². The van der Waals surface area contributed by atoms with E-state index in [-0.39, 0.29) is 24.5 Å². The van der Waals surface area contributed by atoms with E-state index in [2.05, 4.69) is 5.32 Å². The number of carbonyl (C=O) groups excluding carboxylic acids is 2. The zero-order chi connectivity index (χ0) is 22.8. The van der Waals surface area contributed by atoms with Crippen LogP contribution in [0.1, 0.15) is 44.7 Å². The summed E-state index contributed by atoms with van der Waals surface area (Å²) < 4.78 is 5.73. The normalized spacial score (nSPS) is 12.7. The molecular weight excluding hydrogens is 412 g/mol. The molecule has 31 heavy (non-hydrogen) atoms. The number of rotatable bonds is 11. The second-order valence-electron chi connectivity index (χ2n) is 7.76. The summed E-state index contributed by atoms with van der Waals surface area (Å²) in [4.78, 5) is 27.7. The Kier molecular flexibility index (Phi) is 9.86. The van der Waals surface area contributed by atoms with Gasteiger partial charge in [-0.1, -0.05) is 55.8 Å². The average Bonchev–Trinajstić information content (AvgIpc) is 2.77. The lowest BCUT2D eigenvalue weighted by atomic mass is 10.1. The van der Waals surface area contributed by atoms with Crippen molar-refractivity contribution >= 4 is 23.4 Å². The lowest BCUT2D eigenvalue weighted by Gasteiger charge is -2.31. The van der Waals surface area contributed by atoms with Gasteiger partial charge in [0.2, 0.25) is 5.91 Å². The van der Waals surface area contributed by atoms with Crippen LogP contribution in [-0.2, 0) is 16.0 Å². The van der Waals surface area contributed by atoms with Gasteiger partial charge in [-0.3, -0.25) is 9.59 Å². The van der Waals surface area contributed by atoms with Crippen LogP contribution in [-0.4, -0.2) is 41.9 Å². The number of amides is 2. The maximum absolute atomic E-state index is 13.1. The highest BCUT2D eigenvalue weighted by atomic mass is 35.5. The van der Waals surface area contributed by atoms with Crippen LogP contribution >= 0.6 is 11.6 Å². The molecule has 2 rings (SSSR count). The molecular formula is C25H33ClN2O3. The molecule has 0 aliphatic carbocycles. The summed E-state index contributed by atoms with van der Waals surface area (Å²) in [5, 5.41) is 3.66. The predicted octanol–water partition coefficient (Wildman–Crippen LogP) is 4.79. The third-order valence-corrected chi connectivity index (χ3v) is 5.79. The van der Waals surface area contributed by atoms with Gasteiger partial charge in [-0.25, -0.2) is 0 Å². The summed E-state index contributed by atoms with van der Waals surface area (Å²) >= 11 is 6.07. The first kappa shape index (κ1) is 24.7. The van der Waals surface area contributed by atoms with Gasteiger partial charge in [0, 0.05) is 17.6 Å². The van der Waals surface area contributed by atoms with Crippen LogP contribution in [0.3, 0.4) is 0 Å². The van der Waals surface area contributed by atoms with Crippen molar-refractivity contribution in [2.45, 2.75) is 59.0 Å². The molecule has 2 atom stereocenters. The standard InChI is InChI=1S/C25H33ClN2O3/c1-5-19(4)27-25(30)23(6-2)28(15-14-20-10-8-7-9-11-20)24(29)17-31-21-12-13-22(26)18(3)16-21/h7-13,16,19,23H,5-6,14-15,17H2,1-4H3,(H,27,30). The Bertz CT molecular complexity index is 857. The molecule has 0 aliphatic rings. The Morgan fingerprint density at radius 3 is 2.42 bits per heavy atom. The maximum Gasteiger partial charge on any atom is 0.261 e. The van der Waals surface area contributed by atoms with E-state index >= 15 is 0 Å². The summed E-state index contributed by atoms with van der Waals surface area (Å²) in [7, 11) is 0. The van der Waals surface area contributed by atoms with Crippen LogP contribution in [0.15, 0.2) is 48.5 Å². The van der Waals surface area contributed by atoms with E-state index in [1.807, 2.05) is 58.0 Å². The summed E-state index contributed by atoms with van der Waals surface area (Å²) in [6, 6.07) is 14.8. The van der Waals surface area contributed by atoms with Gasteiger partial charge in [0.25, 0.3) is 5.91 Å². The largest absolute Gasteiger partial charge is 0.484 e. The summed E-state index contributed by atoms with van der Waals surface area (Å²) in [5.74, 6) is 0.241. The fraction of sp³-hybridized carbons (Fsp3) is 0.440. The topological polar surface area (TPSA) is 58.6 Å². The van der Waals surface area contributed by atoms with Crippen molar-refractivity contribution in [3.8, 4) is 5.75 Å². The first-order valence-corrected chi connectivity index (χ1v) is 11.3. The third-order valence-electron chi connectivity index (χ3n) is 5.36. The number of nitrogens with zero attached hydrogens (tertiary/aromatic N) is 1. The number of hydrogen-bond acceptors (Lipinski definition) is 3. The second-order valence-corrected chi connectivity index (χ2v) is 8.17. The zero-order valence-corrected chi connectivity index (χ0v) is 19.6. The molecule has 2 aromatic carbocycles.